The van der Waals surface area contributed by atoms with E-state index in [1.54, 1.807) is 10.9 Å². The molecule has 1 heterocycles. The molecule has 1 aliphatic rings. The fourth-order valence-corrected chi connectivity index (χ4v) is 3.17. The second kappa shape index (κ2) is 6.86. The van der Waals surface area contributed by atoms with Crippen LogP contribution in [0.2, 0.25) is 0 Å². The van der Waals surface area contributed by atoms with E-state index in [1.807, 2.05) is 36.5 Å². The van der Waals surface area contributed by atoms with E-state index in [1.165, 1.54) is 0 Å². The molecule has 0 spiro atoms. The molecule has 1 saturated carbocycles. The van der Waals surface area contributed by atoms with Crippen LogP contribution >= 0.6 is 0 Å². The molecule has 6 nitrogen and oxygen atoms in total. The van der Waals surface area contributed by atoms with Gasteiger partial charge in [0.25, 0.3) is 0 Å². The van der Waals surface area contributed by atoms with Gasteiger partial charge in [0.05, 0.1) is 11.9 Å². The van der Waals surface area contributed by atoms with E-state index in [2.05, 4.69) is 10.4 Å². The summed E-state index contributed by atoms with van der Waals surface area (Å²) in [5, 5.41) is 16.4. The minimum atomic E-state index is -1.06. The summed E-state index contributed by atoms with van der Waals surface area (Å²) in [6, 6.07) is 9.74. The highest BCUT2D eigenvalue weighted by atomic mass is 16.4. The van der Waals surface area contributed by atoms with Crippen molar-refractivity contribution in [2.24, 2.45) is 0 Å². The molecule has 1 aromatic carbocycles. The number of rotatable bonds is 6. The summed E-state index contributed by atoms with van der Waals surface area (Å²) in [5.74, 6) is -1.14. The van der Waals surface area contributed by atoms with Crippen molar-refractivity contribution in [3.8, 4) is 5.69 Å². The molecule has 24 heavy (non-hydrogen) atoms. The maximum Gasteiger partial charge on any atom is 0.329 e. The zero-order valence-corrected chi connectivity index (χ0v) is 13.4. The van der Waals surface area contributed by atoms with Gasteiger partial charge in [-0.05, 0) is 37.0 Å². The standard InChI is InChI=1S/C18H21N3O3/c22-16(20-18(17(23)24)10-4-5-11-18)9-8-14-12-19-21(13-14)15-6-2-1-3-7-15/h1-3,6-7,12-13H,4-5,8-11H2,(H,20,22)(H,23,24). The smallest absolute Gasteiger partial charge is 0.329 e. The average Bonchev–Trinajstić information content (AvgIpc) is 3.24. The van der Waals surface area contributed by atoms with Crippen molar-refractivity contribution in [3.05, 3.63) is 48.3 Å². The predicted molar refractivity (Wildman–Crippen MR) is 88.9 cm³/mol. The molecule has 0 radical (unpaired) electrons. The zero-order valence-electron chi connectivity index (χ0n) is 13.4. The Morgan fingerprint density at radius 3 is 2.58 bits per heavy atom. The Morgan fingerprint density at radius 1 is 1.21 bits per heavy atom. The Labute approximate surface area is 140 Å². The minimum Gasteiger partial charge on any atom is -0.480 e. The SMILES string of the molecule is O=C(CCc1cnn(-c2ccccc2)c1)NC1(C(=O)O)CCCC1. The number of carboxylic acids is 1. The molecule has 0 saturated heterocycles. The van der Waals surface area contributed by atoms with Gasteiger partial charge >= 0.3 is 5.97 Å². The normalized spacial score (nSPS) is 16.0. The molecular formula is C18H21N3O3. The number of nitrogens with one attached hydrogen (secondary N) is 1. The third-order valence-electron chi connectivity index (χ3n) is 4.54. The van der Waals surface area contributed by atoms with Crippen LogP contribution in [0.15, 0.2) is 42.7 Å². The summed E-state index contributed by atoms with van der Waals surface area (Å²) in [7, 11) is 0. The molecular weight excluding hydrogens is 306 g/mol. The number of para-hydroxylation sites is 1. The average molecular weight is 327 g/mol. The maximum atomic E-state index is 12.2. The van der Waals surface area contributed by atoms with Crippen LogP contribution in [0.4, 0.5) is 0 Å². The first-order valence-corrected chi connectivity index (χ1v) is 8.22. The summed E-state index contributed by atoms with van der Waals surface area (Å²) < 4.78 is 1.77. The molecule has 1 aliphatic carbocycles. The third-order valence-corrected chi connectivity index (χ3v) is 4.54. The summed E-state index contributed by atoms with van der Waals surface area (Å²) in [5.41, 5.74) is 0.847. The number of aromatic nitrogens is 2. The van der Waals surface area contributed by atoms with Gasteiger partial charge in [0, 0.05) is 12.6 Å². The van der Waals surface area contributed by atoms with Gasteiger partial charge in [-0.3, -0.25) is 4.79 Å². The van der Waals surface area contributed by atoms with Gasteiger partial charge in [0.15, 0.2) is 0 Å². The highest BCUT2D eigenvalue weighted by molar-refractivity contribution is 5.87. The van der Waals surface area contributed by atoms with Crippen LogP contribution in [0.1, 0.15) is 37.7 Å². The molecule has 6 heteroatoms. The fraction of sp³-hybridized carbons (Fsp3) is 0.389. The summed E-state index contributed by atoms with van der Waals surface area (Å²) >= 11 is 0. The number of hydrogen-bond acceptors (Lipinski definition) is 3. The highest BCUT2D eigenvalue weighted by Gasteiger charge is 2.42. The van der Waals surface area contributed by atoms with E-state index < -0.39 is 11.5 Å². The predicted octanol–water partition coefficient (Wildman–Crippen LogP) is 2.32. The van der Waals surface area contributed by atoms with Gasteiger partial charge in [-0.2, -0.15) is 5.10 Å². The number of aliphatic carboxylic acids is 1. The summed E-state index contributed by atoms with van der Waals surface area (Å²) in [6.45, 7) is 0. The van der Waals surface area contributed by atoms with Gasteiger partial charge in [-0.1, -0.05) is 31.0 Å². The molecule has 2 N–H and O–H groups in total. The van der Waals surface area contributed by atoms with Crippen LogP contribution in [0.5, 0.6) is 0 Å². The molecule has 0 atom stereocenters. The Hall–Kier alpha value is -2.63. The number of carboxylic acid groups (broad SMARTS) is 1. The molecule has 2 aromatic rings. The quantitative estimate of drug-likeness (QED) is 0.853. The summed E-state index contributed by atoms with van der Waals surface area (Å²) in [6.07, 6.45) is 7.14. The van der Waals surface area contributed by atoms with Gasteiger partial charge in [-0.15, -0.1) is 0 Å². The maximum absolute atomic E-state index is 12.2. The Morgan fingerprint density at radius 2 is 1.92 bits per heavy atom. The summed E-state index contributed by atoms with van der Waals surface area (Å²) in [4.78, 5) is 23.6. The van der Waals surface area contributed by atoms with Crippen LogP contribution in [0.25, 0.3) is 5.69 Å². The largest absolute Gasteiger partial charge is 0.480 e. The van der Waals surface area contributed by atoms with E-state index in [0.29, 0.717) is 19.3 Å². The first-order chi connectivity index (χ1) is 11.6. The van der Waals surface area contributed by atoms with E-state index >= 15 is 0 Å². The van der Waals surface area contributed by atoms with E-state index in [0.717, 1.165) is 24.1 Å². The second-order valence-corrected chi connectivity index (χ2v) is 6.27. The first kappa shape index (κ1) is 16.2. The number of nitrogens with zero attached hydrogens (tertiary/aromatic N) is 2. The van der Waals surface area contributed by atoms with Crippen LogP contribution < -0.4 is 5.32 Å². The lowest BCUT2D eigenvalue weighted by Gasteiger charge is -2.25. The van der Waals surface area contributed by atoms with Crippen molar-refractivity contribution in [2.75, 3.05) is 0 Å². The Bertz CT molecular complexity index is 718. The van der Waals surface area contributed by atoms with E-state index in [4.69, 9.17) is 0 Å². The number of carbonyl (C=O) groups is 2. The monoisotopic (exact) mass is 327 g/mol. The van der Waals surface area contributed by atoms with Crippen LogP contribution in [0.3, 0.4) is 0 Å². The van der Waals surface area contributed by atoms with Crippen LogP contribution in [-0.4, -0.2) is 32.3 Å². The molecule has 126 valence electrons. The second-order valence-electron chi connectivity index (χ2n) is 6.27. The minimum absolute atomic E-state index is 0.216. The Balaban J connectivity index is 1.57. The van der Waals surface area contributed by atoms with Crippen molar-refractivity contribution >= 4 is 11.9 Å². The molecule has 1 fully saturated rings. The van der Waals surface area contributed by atoms with Crippen LogP contribution in [-0.2, 0) is 16.0 Å². The molecule has 0 unspecified atom stereocenters. The van der Waals surface area contributed by atoms with Gasteiger partial charge in [0.2, 0.25) is 5.91 Å². The topological polar surface area (TPSA) is 84.2 Å². The van der Waals surface area contributed by atoms with Crippen molar-refractivity contribution in [1.82, 2.24) is 15.1 Å². The molecule has 0 bridgehead atoms. The molecule has 0 aliphatic heterocycles. The number of amides is 1. The van der Waals surface area contributed by atoms with Crippen molar-refractivity contribution in [1.29, 1.82) is 0 Å². The lowest BCUT2D eigenvalue weighted by Crippen LogP contribution is -2.52. The van der Waals surface area contributed by atoms with Gasteiger partial charge < -0.3 is 10.4 Å². The number of benzene rings is 1. The van der Waals surface area contributed by atoms with E-state index in [9.17, 15) is 14.7 Å². The van der Waals surface area contributed by atoms with E-state index in [-0.39, 0.29) is 12.3 Å². The molecule has 1 amide bonds. The molecule has 3 rings (SSSR count). The van der Waals surface area contributed by atoms with Crippen molar-refractivity contribution < 1.29 is 14.7 Å². The Kier molecular flexibility index (Phi) is 4.64. The zero-order chi connectivity index (χ0) is 17.0. The lowest BCUT2D eigenvalue weighted by atomic mass is 9.97. The van der Waals surface area contributed by atoms with Crippen LogP contribution in [0, 0.1) is 0 Å². The highest BCUT2D eigenvalue weighted by Crippen LogP contribution is 2.30. The lowest BCUT2D eigenvalue weighted by molar-refractivity contribution is -0.147. The van der Waals surface area contributed by atoms with Crippen molar-refractivity contribution in [3.63, 3.8) is 0 Å². The fourth-order valence-electron chi connectivity index (χ4n) is 3.17. The first-order valence-electron chi connectivity index (χ1n) is 8.22. The van der Waals surface area contributed by atoms with Gasteiger partial charge in [0.1, 0.15) is 5.54 Å². The number of aryl methyl sites for hydroxylation is 1. The number of hydrogen-bond donors (Lipinski definition) is 2. The number of carbonyl (C=O) groups excluding carboxylic acids is 1. The van der Waals surface area contributed by atoms with Crippen molar-refractivity contribution in [2.45, 2.75) is 44.1 Å². The van der Waals surface area contributed by atoms with Gasteiger partial charge in [-0.25, -0.2) is 9.48 Å². The molecule has 1 aromatic heterocycles. The third kappa shape index (κ3) is 3.48.